The van der Waals surface area contributed by atoms with E-state index in [-0.39, 0.29) is 24.7 Å². The molecule has 0 aliphatic carbocycles. The van der Waals surface area contributed by atoms with E-state index >= 15 is 0 Å². The van der Waals surface area contributed by atoms with Crippen LogP contribution in [0.4, 0.5) is 9.18 Å². The molecular formula is C20H24FN3O3. The van der Waals surface area contributed by atoms with Crippen molar-refractivity contribution in [1.82, 2.24) is 5.32 Å². The molecule has 1 aliphatic heterocycles. The summed E-state index contributed by atoms with van der Waals surface area (Å²) in [5.41, 5.74) is -1.72. The van der Waals surface area contributed by atoms with E-state index in [1.54, 1.807) is 45.9 Å². The van der Waals surface area contributed by atoms with Crippen LogP contribution in [0.3, 0.4) is 0 Å². The van der Waals surface area contributed by atoms with Crippen molar-refractivity contribution in [2.75, 3.05) is 6.61 Å². The zero-order valence-corrected chi connectivity index (χ0v) is 16.0. The number of nitrogens with zero attached hydrogens (tertiary/aromatic N) is 2. The molecule has 144 valence electrons. The number of halogens is 1. The molecule has 0 bridgehead atoms. The van der Waals surface area contributed by atoms with E-state index in [1.807, 2.05) is 12.1 Å². The number of ether oxygens (including phenoxy) is 2. The van der Waals surface area contributed by atoms with Crippen LogP contribution in [0.15, 0.2) is 24.3 Å². The Morgan fingerprint density at radius 1 is 1.41 bits per heavy atom. The number of amides is 1. The molecule has 0 saturated carbocycles. The van der Waals surface area contributed by atoms with Crippen LogP contribution in [-0.2, 0) is 15.0 Å². The maximum absolute atomic E-state index is 14.7. The lowest BCUT2D eigenvalue weighted by atomic mass is 9.74. The summed E-state index contributed by atoms with van der Waals surface area (Å²) in [6.07, 6.45) is -0.958. The average Bonchev–Trinajstić information content (AvgIpc) is 2.88. The summed E-state index contributed by atoms with van der Waals surface area (Å²) < 4.78 is 25.8. The molecule has 2 rings (SSSR count). The molecule has 0 unspecified atom stereocenters. The Labute approximate surface area is 158 Å². The lowest BCUT2D eigenvalue weighted by molar-refractivity contribution is 0.0408. The van der Waals surface area contributed by atoms with Gasteiger partial charge in [0.25, 0.3) is 0 Å². The maximum atomic E-state index is 14.7. The predicted octanol–water partition coefficient (Wildman–Crippen LogP) is 3.63. The summed E-state index contributed by atoms with van der Waals surface area (Å²) in [6.45, 7) is 7.00. The van der Waals surface area contributed by atoms with Gasteiger partial charge in [0.05, 0.1) is 30.4 Å². The first-order chi connectivity index (χ1) is 12.6. The Morgan fingerprint density at radius 2 is 2.04 bits per heavy atom. The van der Waals surface area contributed by atoms with Crippen molar-refractivity contribution in [2.45, 2.75) is 51.4 Å². The Hall–Kier alpha value is -2.64. The van der Waals surface area contributed by atoms with Gasteiger partial charge >= 0.3 is 6.09 Å². The van der Waals surface area contributed by atoms with Crippen molar-refractivity contribution in [3.8, 4) is 12.1 Å². The minimum Gasteiger partial charge on any atom is -0.444 e. The number of alkyl carbamates (subject to hydrolysis) is 1. The highest BCUT2D eigenvalue weighted by molar-refractivity contribution is 5.69. The number of carbonyl (C=O) groups excluding carboxylic acids is 1. The van der Waals surface area contributed by atoms with Gasteiger partial charge < -0.3 is 14.8 Å². The summed E-state index contributed by atoms with van der Waals surface area (Å²) in [6, 6.07) is 9.99. The second-order valence-corrected chi connectivity index (χ2v) is 7.75. The van der Waals surface area contributed by atoms with Crippen LogP contribution in [0.25, 0.3) is 0 Å². The van der Waals surface area contributed by atoms with Gasteiger partial charge in [0.1, 0.15) is 17.3 Å². The van der Waals surface area contributed by atoms with E-state index in [9.17, 15) is 19.7 Å². The second-order valence-electron chi connectivity index (χ2n) is 7.75. The van der Waals surface area contributed by atoms with E-state index in [0.29, 0.717) is 0 Å². The summed E-state index contributed by atoms with van der Waals surface area (Å²) in [7, 11) is 0. The zero-order chi connectivity index (χ0) is 20.2. The highest BCUT2D eigenvalue weighted by Gasteiger charge is 2.52. The molecule has 1 fully saturated rings. The number of hydrogen-bond acceptors (Lipinski definition) is 5. The third kappa shape index (κ3) is 4.56. The molecule has 1 aliphatic rings. The molecule has 7 heteroatoms. The van der Waals surface area contributed by atoms with Gasteiger partial charge in [-0.2, -0.15) is 10.5 Å². The fourth-order valence-corrected chi connectivity index (χ4v) is 3.45. The number of nitrogens with one attached hydrogen (secondary N) is 1. The zero-order valence-electron chi connectivity index (χ0n) is 16.0. The van der Waals surface area contributed by atoms with Crippen LogP contribution >= 0.6 is 0 Å². The number of benzene rings is 1. The Bertz CT molecular complexity index is 764. The van der Waals surface area contributed by atoms with E-state index in [1.165, 1.54) is 6.07 Å². The van der Waals surface area contributed by atoms with Crippen molar-refractivity contribution in [3.05, 3.63) is 35.6 Å². The third-order valence-corrected chi connectivity index (χ3v) is 4.65. The fraction of sp³-hybridized carbons (Fsp3) is 0.550. The van der Waals surface area contributed by atoms with E-state index < -0.39 is 34.9 Å². The van der Waals surface area contributed by atoms with E-state index in [2.05, 4.69) is 5.32 Å². The smallest absolute Gasteiger partial charge is 0.408 e. The molecule has 1 N–H and O–H groups in total. The van der Waals surface area contributed by atoms with Crippen LogP contribution in [0.2, 0.25) is 0 Å². The molecule has 0 spiro atoms. The minimum absolute atomic E-state index is 0.0165. The van der Waals surface area contributed by atoms with Crippen LogP contribution in [-0.4, -0.2) is 24.4 Å². The van der Waals surface area contributed by atoms with Gasteiger partial charge in [-0.3, -0.25) is 0 Å². The third-order valence-electron chi connectivity index (χ3n) is 4.65. The van der Waals surface area contributed by atoms with Crippen molar-refractivity contribution < 1.29 is 18.7 Å². The minimum atomic E-state index is -1.24. The lowest BCUT2D eigenvalue weighted by Crippen LogP contribution is -2.53. The fourth-order valence-electron chi connectivity index (χ4n) is 3.45. The van der Waals surface area contributed by atoms with Gasteiger partial charge in [-0.25, -0.2) is 9.18 Å². The van der Waals surface area contributed by atoms with Crippen molar-refractivity contribution in [3.63, 3.8) is 0 Å². The molecule has 0 radical (unpaired) electrons. The van der Waals surface area contributed by atoms with Crippen LogP contribution in [0, 0.1) is 40.3 Å². The van der Waals surface area contributed by atoms with Crippen molar-refractivity contribution in [2.24, 2.45) is 11.8 Å². The molecule has 1 heterocycles. The first-order valence-electron chi connectivity index (χ1n) is 8.80. The predicted molar refractivity (Wildman–Crippen MR) is 95.7 cm³/mol. The maximum Gasteiger partial charge on any atom is 0.408 e. The van der Waals surface area contributed by atoms with Gasteiger partial charge in [-0.1, -0.05) is 18.2 Å². The summed E-state index contributed by atoms with van der Waals surface area (Å²) >= 11 is 0. The van der Waals surface area contributed by atoms with Crippen LogP contribution < -0.4 is 5.32 Å². The summed E-state index contributed by atoms with van der Waals surface area (Å²) in [5, 5.41) is 21.2. The molecule has 0 aromatic heterocycles. The Balaban J connectivity index is 2.49. The summed E-state index contributed by atoms with van der Waals surface area (Å²) in [5.74, 6) is -1.88. The van der Waals surface area contributed by atoms with E-state index in [4.69, 9.17) is 9.47 Å². The molecular weight excluding hydrogens is 349 g/mol. The highest BCUT2D eigenvalue weighted by atomic mass is 19.1. The van der Waals surface area contributed by atoms with Gasteiger partial charge in [0.15, 0.2) is 0 Å². The molecule has 3 atom stereocenters. The Kier molecular flexibility index (Phi) is 6.08. The molecule has 6 nitrogen and oxygen atoms in total. The first kappa shape index (κ1) is 20.7. The molecule has 1 aromatic carbocycles. The Morgan fingerprint density at radius 3 is 2.59 bits per heavy atom. The quantitative estimate of drug-likeness (QED) is 0.869. The van der Waals surface area contributed by atoms with Gasteiger partial charge in [0.2, 0.25) is 0 Å². The topological polar surface area (TPSA) is 95.1 Å². The van der Waals surface area contributed by atoms with Gasteiger partial charge in [0, 0.05) is 11.5 Å². The monoisotopic (exact) mass is 373 g/mol. The average molecular weight is 373 g/mol. The number of nitriles is 2. The first-order valence-corrected chi connectivity index (χ1v) is 8.80. The van der Waals surface area contributed by atoms with Gasteiger partial charge in [-0.15, -0.1) is 0 Å². The van der Waals surface area contributed by atoms with Crippen LogP contribution in [0.1, 0.15) is 39.7 Å². The molecule has 1 saturated heterocycles. The number of rotatable bonds is 4. The largest absolute Gasteiger partial charge is 0.444 e. The second kappa shape index (κ2) is 7.94. The van der Waals surface area contributed by atoms with Gasteiger partial charge in [-0.05, 0) is 40.2 Å². The summed E-state index contributed by atoms with van der Waals surface area (Å²) in [4.78, 5) is 12.5. The van der Waals surface area contributed by atoms with Crippen molar-refractivity contribution >= 4 is 6.09 Å². The highest BCUT2D eigenvalue weighted by Crippen LogP contribution is 2.43. The van der Waals surface area contributed by atoms with Crippen LogP contribution in [0.5, 0.6) is 0 Å². The lowest BCUT2D eigenvalue weighted by Gasteiger charge is -2.37. The number of carbonyl (C=O) groups is 1. The SMILES string of the molecule is C[C@H]1OC[C@@](NC(=O)OC(C)(C)C)(c2ccccc2F)[C@@H]1CC(C#N)C#N. The molecule has 27 heavy (non-hydrogen) atoms. The standard InChI is InChI=1S/C20H24FN3O3/c1-13-16(9-14(10-22)11-23)20(12-26-13,15-7-5-6-8-17(15)21)24-18(25)27-19(2,3)4/h5-8,13-14,16H,9,12H2,1-4H3,(H,24,25)/t13-,16-,20-/m1/s1. The van der Waals surface area contributed by atoms with Crippen molar-refractivity contribution in [1.29, 1.82) is 10.5 Å². The van der Waals surface area contributed by atoms with E-state index in [0.717, 1.165) is 0 Å². The molecule has 1 amide bonds. The molecule has 1 aromatic rings. The normalized spacial score (nSPS) is 24.9. The number of hydrogen-bond donors (Lipinski definition) is 1.